The zero-order valence-electron chi connectivity index (χ0n) is 8.93. The van der Waals surface area contributed by atoms with Crippen molar-refractivity contribution in [3.8, 4) is 0 Å². The van der Waals surface area contributed by atoms with Gasteiger partial charge >= 0.3 is 0 Å². The molecule has 0 spiro atoms. The van der Waals surface area contributed by atoms with Gasteiger partial charge in [0.05, 0.1) is 12.2 Å². The van der Waals surface area contributed by atoms with Crippen molar-refractivity contribution in [3.63, 3.8) is 0 Å². The minimum Gasteiger partial charge on any atom is -0.393 e. The monoisotopic (exact) mass is 221 g/mol. The second kappa shape index (κ2) is 5.09. The molecule has 0 radical (unpaired) electrons. The van der Waals surface area contributed by atoms with E-state index < -0.39 is 0 Å². The van der Waals surface area contributed by atoms with E-state index in [0.29, 0.717) is 25.9 Å². The lowest BCUT2D eigenvalue weighted by Crippen LogP contribution is -2.24. The van der Waals surface area contributed by atoms with Gasteiger partial charge in [0, 0.05) is 24.3 Å². The van der Waals surface area contributed by atoms with Gasteiger partial charge in [-0.2, -0.15) is 0 Å². The zero-order chi connectivity index (χ0) is 11.4. The highest BCUT2D eigenvalue weighted by Gasteiger charge is 2.23. The van der Waals surface area contributed by atoms with Crippen LogP contribution in [-0.2, 0) is 9.53 Å². The van der Waals surface area contributed by atoms with Crippen LogP contribution < -0.4 is 5.32 Å². The molecule has 1 amide bonds. The maximum absolute atomic E-state index is 10.5. The quantitative estimate of drug-likeness (QED) is 0.760. The molecule has 1 aliphatic heterocycles. The van der Waals surface area contributed by atoms with Crippen LogP contribution in [0, 0.1) is 0 Å². The van der Waals surface area contributed by atoms with E-state index in [1.807, 2.05) is 24.3 Å². The van der Waals surface area contributed by atoms with Crippen LogP contribution in [0.15, 0.2) is 24.3 Å². The highest BCUT2D eigenvalue weighted by atomic mass is 16.5. The molecule has 2 rings (SSSR count). The molecule has 0 saturated carbocycles. The van der Waals surface area contributed by atoms with Crippen LogP contribution in [-0.4, -0.2) is 24.2 Å². The lowest BCUT2D eigenvalue weighted by atomic mass is 9.98. The van der Waals surface area contributed by atoms with E-state index in [2.05, 4.69) is 5.32 Å². The molecule has 0 aliphatic carbocycles. The molecular formula is C12H15NO3. The second-order valence-electron chi connectivity index (χ2n) is 3.89. The fourth-order valence-electron chi connectivity index (χ4n) is 1.97. The van der Waals surface area contributed by atoms with E-state index in [1.165, 1.54) is 0 Å². The smallest absolute Gasteiger partial charge is 0.211 e. The van der Waals surface area contributed by atoms with Crippen LogP contribution in [0.2, 0.25) is 0 Å². The van der Waals surface area contributed by atoms with Gasteiger partial charge in [0.25, 0.3) is 0 Å². The van der Waals surface area contributed by atoms with Gasteiger partial charge in [-0.15, -0.1) is 0 Å². The molecule has 2 N–H and O–H groups in total. The number of aliphatic hydroxyl groups excluding tert-OH is 1. The number of ether oxygens (including phenoxy) is 1. The number of carbonyl (C=O) groups excluding carboxylic acids is 1. The fraction of sp³-hybridized carbons (Fsp3) is 0.417. The molecule has 2 unspecified atom stereocenters. The van der Waals surface area contributed by atoms with Crippen LogP contribution >= 0.6 is 0 Å². The Morgan fingerprint density at radius 3 is 3.00 bits per heavy atom. The van der Waals surface area contributed by atoms with E-state index in [1.54, 1.807) is 0 Å². The third kappa shape index (κ3) is 2.40. The number of amides is 1. The fourth-order valence-corrected chi connectivity index (χ4v) is 1.97. The van der Waals surface area contributed by atoms with Gasteiger partial charge in [-0.25, -0.2) is 0 Å². The van der Waals surface area contributed by atoms with E-state index in [4.69, 9.17) is 4.74 Å². The largest absolute Gasteiger partial charge is 0.393 e. The number of hydrogen-bond donors (Lipinski definition) is 2. The molecule has 1 fully saturated rings. The van der Waals surface area contributed by atoms with Gasteiger partial charge in [0.1, 0.15) is 0 Å². The number of aliphatic hydroxyl groups is 1. The van der Waals surface area contributed by atoms with Gasteiger partial charge < -0.3 is 15.2 Å². The summed E-state index contributed by atoms with van der Waals surface area (Å²) in [4.78, 5) is 10.5. The van der Waals surface area contributed by atoms with Crippen molar-refractivity contribution in [1.82, 2.24) is 0 Å². The lowest BCUT2D eigenvalue weighted by Gasteiger charge is -2.28. The van der Waals surface area contributed by atoms with Crippen molar-refractivity contribution in [2.75, 3.05) is 11.9 Å². The van der Waals surface area contributed by atoms with Crippen molar-refractivity contribution < 1.29 is 14.6 Å². The molecule has 1 aromatic carbocycles. The first-order valence-corrected chi connectivity index (χ1v) is 5.40. The third-order valence-electron chi connectivity index (χ3n) is 2.78. The Balaban J connectivity index is 2.20. The lowest BCUT2D eigenvalue weighted by molar-refractivity contribution is -0.105. The minimum absolute atomic E-state index is 0.132. The van der Waals surface area contributed by atoms with Crippen LogP contribution in [0.3, 0.4) is 0 Å². The summed E-state index contributed by atoms with van der Waals surface area (Å²) in [6.07, 6.45) is 1.46. The highest BCUT2D eigenvalue weighted by molar-refractivity contribution is 5.73. The second-order valence-corrected chi connectivity index (χ2v) is 3.89. The van der Waals surface area contributed by atoms with Crippen molar-refractivity contribution in [1.29, 1.82) is 0 Å². The maximum atomic E-state index is 10.5. The average molecular weight is 221 g/mol. The normalized spacial score (nSPS) is 25.1. The molecule has 4 heteroatoms. The predicted octanol–water partition coefficient (Wildman–Crippen LogP) is 1.47. The summed E-state index contributed by atoms with van der Waals surface area (Å²) in [5.41, 5.74) is 1.67. The van der Waals surface area contributed by atoms with E-state index in [0.717, 1.165) is 11.3 Å². The Morgan fingerprint density at radius 2 is 2.25 bits per heavy atom. The molecular weight excluding hydrogens is 206 g/mol. The molecule has 1 aliphatic rings. The first-order chi connectivity index (χ1) is 7.81. The highest BCUT2D eigenvalue weighted by Crippen LogP contribution is 2.32. The Labute approximate surface area is 94.2 Å². The number of rotatable bonds is 3. The third-order valence-corrected chi connectivity index (χ3v) is 2.78. The SMILES string of the molecule is O=CNc1ccccc1C1CC(O)CCO1. The molecule has 1 aromatic rings. The first-order valence-electron chi connectivity index (χ1n) is 5.40. The number of hydrogen-bond acceptors (Lipinski definition) is 3. The van der Waals surface area contributed by atoms with Gasteiger partial charge in [-0.05, 0) is 12.5 Å². The number of carbonyl (C=O) groups is 1. The summed E-state index contributed by atoms with van der Waals surface area (Å²) < 4.78 is 5.61. The molecule has 0 bridgehead atoms. The summed E-state index contributed by atoms with van der Waals surface area (Å²) in [6.45, 7) is 0.557. The Hall–Kier alpha value is -1.39. The van der Waals surface area contributed by atoms with Gasteiger partial charge in [-0.3, -0.25) is 4.79 Å². The zero-order valence-corrected chi connectivity index (χ0v) is 8.93. The van der Waals surface area contributed by atoms with Crippen molar-refractivity contribution >= 4 is 12.1 Å². The number of para-hydroxylation sites is 1. The molecule has 16 heavy (non-hydrogen) atoms. The first kappa shape index (κ1) is 11.1. The van der Waals surface area contributed by atoms with Crippen molar-refractivity contribution in [2.45, 2.75) is 25.0 Å². The molecule has 2 atom stereocenters. The van der Waals surface area contributed by atoms with Crippen LogP contribution in [0.5, 0.6) is 0 Å². The van der Waals surface area contributed by atoms with Crippen LogP contribution in [0.25, 0.3) is 0 Å². The molecule has 1 saturated heterocycles. The maximum Gasteiger partial charge on any atom is 0.211 e. The van der Waals surface area contributed by atoms with Gasteiger partial charge in [-0.1, -0.05) is 18.2 Å². The number of nitrogens with one attached hydrogen (secondary N) is 1. The molecule has 0 aromatic heterocycles. The van der Waals surface area contributed by atoms with E-state index in [9.17, 15) is 9.90 Å². The molecule has 86 valence electrons. The van der Waals surface area contributed by atoms with Gasteiger partial charge in [0.2, 0.25) is 6.41 Å². The Bertz CT molecular complexity index is 367. The van der Waals surface area contributed by atoms with Crippen LogP contribution in [0.4, 0.5) is 5.69 Å². The predicted molar refractivity (Wildman–Crippen MR) is 60.1 cm³/mol. The van der Waals surface area contributed by atoms with Crippen LogP contribution in [0.1, 0.15) is 24.5 Å². The number of anilines is 1. The minimum atomic E-state index is -0.317. The Kier molecular flexibility index (Phi) is 3.54. The van der Waals surface area contributed by atoms with Crippen molar-refractivity contribution in [2.24, 2.45) is 0 Å². The number of benzene rings is 1. The summed E-state index contributed by atoms with van der Waals surface area (Å²) in [7, 11) is 0. The van der Waals surface area contributed by atoms with Gasteiger partial charge in [0.15, 0.2) is 0 Å². The van der Waals surface area contributed by atoms with Crippen molar-refractivity contribution in [3.05, 3.63) is 29.8 Å². The summed E-state index contributed by atoms with van der Waals surface area (Å²) >= 11 is 0. The summed E-state index contributed by atoms with van der Waals surface area (Å²) in [5.74, 6) is 0. The average Bonchev–Trinajstić information content (AvgIpc) is 2.30. The van der Waals surface area contributed by atoms with E-state index >= 15 is 0 Å². The summed E-state index contributed by atoms with van der Waals surface area (Å²) in [5, 5.41) is 12.2. The Morgan fingerprint density at radius 1 is 1.44 bits per heavy atom. The summed E-state index contributed by atoms with van der Waals surface area (Å²) in [6, 6.07) is 7.49. The topological polar surface area (TPSA) is 58.6 Å². The molecule has 4 nitrogen and oxygen atoms in total. The standard InChI is InChI=1S/C12H15NO3/c14-8-13-11-4-2-1-3-10(11)12-7-9(15)5-6-16-12/h1-4,8-9,12,15H,5-7H2,(H,13,14). The molecule has 1 heterocycles. The van der Waals surface area contributed by atoms with E-state index in [-0.39, 0.29) is 12.2 Å².